The first-order valence-electron chi connectivity index (χ1n) is 7.36. The predicted molar refractivity (Wildman–Crippen MR) is 86.1 cm³/mol. The molecule has 0 spiro atoms. The second-order valence-electron chi connectivity index (χ2n) is 5.43. The highest BCUT2D eigenvalue weighted by Crippen LogP contribution is 2.38. The van der Waals surface area contributed by atoms with E-state index < -0.39 is 18.1 Å². The number of urea groups is 1. The van der Waals surface area contributed by atoms with Gasteiger partial charge in [0.05, 0.1) is 17.8 Å². The molecule has 7 nitrogen and oxygen atoms in total. The summed E-state index contributed by atoms with van der Waals surface area (Å²) < 4.78 is 9.51. The van der Waals surface area contributed by atoms with E-state index in [2.05, 4.69) is 4.74 Å². The van der Waals surface area contributed by atoms with Crippen molar-refractivity contribution < 1.29 is 23.9 Å². The van der Waals surface area contributed by atoms with Crippen molar-refractivity contribution in [1.82, 2.24) is 4.90 Å². The van der Waals surface area contributed by atoms with Crippen LogP contribution in [0.25, 0.3) is 0 Å². The van der Waals surface area contributed by atoms with Crippen LogP contribution in [0, 0.1) is 6.92 Å². The Balaban J connectivity index is 2.03. The van der Waals surface area contributed by atoms with Gasteiger partial charge in [-0.2, -0.15) is 0 Å². The smallest absolute Gasteiger partial charge is 0.437 e. The lowest BCUT2D eigenvalue weighted by molar-refractivity contribution is -0.114. The molecule has 2 aliphatic heterocycles. The largest absolute Gasteiger partial charge is 0.513 e. The molecule has 0 aliphatic carbocycles. The van der Waals surface area contributed by atoms with E-state index in [1.807, 2.05) is 0 Å². The molecule has 0 unspecified atom stereocenters. The third-order valence-electron chi connectivity index (χ3n) is 3.90. The number of hydrogen-bond donors (Lipinski definition) is 0. The number of imide groups is 1. The number of nitrogens with zero attached hydrogens (tertiary/aromatic N) is 2. The first kappa shape index (κ1) is 16.3. The summed E-state index contributed by atoms with van der Waals surface area (Å²) in [5.74, 6) is -0.268. The molecular weight excluding hydrogens is 336 g/mol. The maximum atomic E-state index is 12.6. The maximum absolute atomic E-state index is 12.6. The van der Waals surface area contributed by atoms with Gasteiger partial charge in [0.2, 0.25) is 0 Å². The van der Waals surface area contributed by atoms with Crippen LogP contribution in [0.5, 0.6) is 5.75 Å². The Hall–Kier alpha value is -2.54. The van der Waals surface area contributed by atoms with Crippen LogP contribution in [0.15, 0.2) is 23.9 Å². The van der Waals surface area contributed by atoms with Crippen LogP contribution in [0.3, 0.4) is 0 Å². The summed E-state index contributed by atoms with van der Waals surface area (Å²) in [5, 5.41) is 0.215. The molecule has 0 radical (unpaired) electrons. The number of benzene rings is 1. The predicted octanol–water partition coefficient (Wildman–Crippen LogP) is 3.24. The number of aryl methyl sites for hydroxylation is 1. The average Bonchev–Trinajstić information content (AvgIpc) is 2.82. The number of methoxy groups -OCH3 is 1. The molecule has 2 heterocycles. The molecule has 0 aromatic heterocycles. The number of allylic oxidation sites excluding steroid dienone is 1. The summed E-state index contributed by atoms with van der Waals surface area (Å²) in [6.07, 6.45) is 2.40. The van der Waals surface area contributed by atoms with Crippen LogP contribution in [-0.4, -0.2) is 36.6 Å². The third-order valence-corrected chi connectivity index (χ3v) is 4.21. The second-order valence-corrected chi connectivity index (χ2v) is 5.84. The van der Waals surface area contributed by atoms with Crippen LogP contribution < -0.4 is 9.64 Å². The minimum atomic E-state index is -0.898. The quantitative estimate of drug-likeness (QED) is 0.465. The van der Waals surface area contributed by atoms with Crippen LogP contribution in [-0.2, 0) is 9.53 Å². The van der Waals surface area contributed by atoms with Crippen molar-refractivity contribution in [2.45, 2.75) is 19.8 Å². The van der Waals surface area contributed by atoms with Gasteiger partial charge in [0.15, 0.2) is 0 Å². The van der Waals surface area contributed by atoms with Crippen molar-refractivity contribution in [3.63, 3.8) is 0 Å². The van der Waals surface area contributed by atoms with E-state index in [-0.39, 0.29) is 16.5 Å². The molecule has 1 saturated heterocycles. The summed E-state index contributed by atoms with van der Waals surface area (Å²) in [6, 6.07) is 2.46. The molecule has 2 aliphatic rings. The summed E-state index contributed by atoms with van der Waals surface area (Å²) in [4.78, 5) is 38.9. The normalized spacial score (nSPS) is 16.9. The Bertz CT molecular complexity index is 774. The Kier molecular flexibility index (Phi) is 4.19. The van der Waals surface area contributed by atoms with Gasteiger partial charge in [-0.3, -0.25) is 9.69 Å². The zero-order valence-electron chi connectivity index (χ0n) is 13.2. The number of carbonyl (C=O) groups is 3. The van der Waals surface area contributed by atoms with Crippen molar-refractivity contribution >= 4 is 35.4 Å². The fourth-order valence-electron chi connectivity index (χ4n) is 2.71. The fraction of sp³-hybridized carbons (Fsp3) is 0.312. The van der Waals surface area contributed by atoms with Crippen molar-refractivity contribution in [3.05, 3.63) is 34.5 Å². The molecule has 8 heteroatoms. The fourth-order valence-corrected chi connectivity index (χ4v) is 3.01. The number of anilines is 1. The maximum Gasteiger partial charge on any atom is 0.513 e. The number of fused-ring (bicyclic) bond motifs is 1. The molecule has 3 amide bonds. The lowest BCUT2D eigenvalue weighted by Crippen LogP contribution is -2.34. The zero-order chi connectivity index (χ0) is 17.4. The molecule has 1 fully saturated rings. The number of halogens is 1. The van der Waals surface area contributed by atoms with Crippen LogP contribution in [0.2, 0.25) is 5.02 Å². The van der Waals surface area contributed by atoms with E-state index in [9.17, 15) is 14.4 Å². The summed E-state index contributed by atoms with van der Waals surface area (Å²) >= 11 is 6.22. The average molecular weight is 351 g/mol. The minimum Gasteiger partial charge on any atom is -0.437 e. The Labute approximate surface area is 143 Å². The van der Waals surface area contributed by atoms with E-state index in [4.69, 9.17) is 16.3 Å². The van der Waals surface area contributed by atoms with Gasteiger partial charge in [-0.15, -0.1) is 0 Å². The molecule has 1 aromatic rings. The molecule has 3 rings (SSSR count). The van der Waals surface area contributed by atoms with Crippen LogP contribution in [0.1, 0.15) is 18.4 Å². The minimum absolute atomic E-state index is 0.167. The first-order valence-corrected chi connectivity index (χ1v) is 7.74. The Morgan fingerprint density at radius 3 is 2.71 bits per heavy atom. The topological polar surface area (TPSA) is 76.2 Å². The summed E-state index contributed by atoms with van der Waals surface area (Å²) in [7, 11) is 1.19. The van der Waals surface area contributed by atoms with Crippen molar-refractivity contribution in [2.24, 2.45) is 0 Å². The Morgan fingerprint density at radius 2 is 2.04 bits per heavy atom. The number of amides is 3. The molecule has 1 aromatic carbocycles. The third kappa shape index (κ3) is 2.60. The number of hydrogen-bond acceptors (Lipinski definition) is 5. The highest BCUT2D eigenvalue weighted by atomic mass is 35.5. The van der Waals surface area contributed by atoms with Crippen molar-refractivity contribution in [3.8, 4) is 5.75 Å². The molecule has 0 saturated carbocycles. The summed E-state index contributed by atoms with van der Waals surface area (Å²) in [5.41, 5.74) is 1.11. The lowest BCUT2D eigenvalue weighted by Gasteiger charge is -2.20. The van der Waals surface area contributed by atoms with Gasteiger partial charge >= 0.3 is 12.2 Å². The highest BCUT2D eigenvalue weighted by molar-refractivity contribution is 6.37. The molecular formula is C16H15ClN2O5. The lowest BCUT2D eigenvalue weighted by atomic mass is 10.1. The van der Waals surface area contributed by atoms with Gasteiger partial charge in [0.25, 0.3) is 5.91 Å². The van der Waals surface area contributed by atoms with Crippen molar-refractivity contribution in [1.29, 1.82) is 0 Å². The first-order chi connectivity index (χ1) is 11.4. The molecule has 126 valence electrons. The standard InChI is InChI=1S/C16H15ClN2O5/c1-9-7-10(17)12(8-13(9)24-16(22)23-2)19-14(20)11-5-3-4-6-18(11)15(19)21/h5,7-8H,3-4,6H2,1-2H3. The van der Waals surface area contributed by atoms with E-state index >= 15 is 0 Å². The molecule has 0 atom stereocenters. The van der Waals surface area contributed by atoms with Crippen LogP contribution >= 0.6 is 11.6 Å². The van der Waals surface area contributed by atoms with E-state index in [0.29, 0.717) is 17.8 Å². The van der Waals surface area contributed by atoms with Gasteiger partial charge in [0, 0.05) is 12.6 Å². The SMILES string of the molecule is COC(=O)Oc1cc(N2C(=O)C3=CCCCN3C2=O)c(Cl)cc1C. The van der Waals surface area contributed by atoms with Gasteiger partial charge in [-0.1, -0.05) is 17.7 Å². The Morgan fingerprint density at radius 1 is 1.29 bits per heavy atom. The molecule has 0 bridgehead atoms. The van der Waals surface area contributed by atoms with E-state index in [1.54, 1.807) is 13.0 Å². The monoisotopic (exact) mass is 350 g/mol. The van der Waals surface area contributed by atoms with Gasteiger partial charge < -0.3 is 9.47 Å². The van der Waals surface area contributed by atoms with Gasteiger partial charge in [0.1, 0.15) is 11.4 Å². The summed E-state index contributed by atoms with van der Waals surface area (Å²) in [6.45, 7) is 2.18. The van der Waals surface area contributed by atoms with Gasteiger partial charge in [-0.05, 0) is 31.4 Å². The van der Waals surface area contributed by atoms with E-state index in [0.717, 1.165) is 17.7 Å². The van der Waals surface area contributed by atoms with Crippen molar-refractivity contribution in [2.75, 3.05) is 18.6 Å². The molecule has 0 N–H and O–H groups in total. The number of rotatable bonds is 2. The molecule has 24 heavy (non-hydrogen) atoms. The van der Waals surface area contributed by atoms with Crippen LogP contribution in [0.4, 0.5) is 15.3 Å². The highest BCUT2D eigenvalue weighted by Gasteiger charge is 2.43. The number of carbonyl (C=O) groups excluding carboxylic acids is 3. The van der Waals surface area contributed by atoms with E-state index in [1.165, 1.54) is 24.1 Å². The zero-order valence-corrected chi connectivity index (χ0v) is 13.9. The van der Waals surface area contributed by atoms with Gasteiger partial charge in [-0.25, -0.2) is 14.5 Å². The number of ether oxygens (including phenoxy) is 2. The second kappa shape index (κ2) is 6.16.